The van der Waals surface area contributed by atoms with E-state index < -0.39 is 11.7 Å². The average Bonchev–Trinajstić information content (AvgIpc) is 3.33. The lowest BCUT2D eigenvalue weighted by Crippen LogP contribution is -2.21. The van der Waals surface area contributed by atoms with E-state index in [0.717, 1.165) is 22.4 Å². The second-order valence-electron chi connectivity index (χ2n) is 6.68. The number of aryl methyl sites for hydroxylation is 3. The summed E-state index contributed by atoms with van der Waals surface area (Å²) in [5, 5.41) is 5.49. The highest BCUT2D eigenvalue weighted by Gasteiger charge is 2.48. The SMILES string of the molecule is Cc1cc(C)c(NC(=O)C2CC2C(=O)Nc2ccccc2F)c(C)c1. The Labute approximate surface area is 146 Å². The Morgan fingerprint density at radius 3 is 2.12 bits per heavy atom. The molecule has 0 aromatic heterocycles. The first-order chi connectivity index (χ1) is 11.9. The molecule has 0 heterocycles. The number of rotatable bonds is 4. The van der Waals surface area contributed by atoms with Crippen LogP contribution >= 0.6 is 0 Å². The Morgan fingerprint density at radius 1 is 0.960 bits per heavy atom. The number of hydrogen-bond donors (Lipinski definition) is 2. The van der Waals surface area contributed by atoms with E-state index in [2.05, 4.69) is 10.6 Å². The van der Waals surface area contributed by atoms with Crippen LogP contribution < -0.4 is 10.6 Å². The van der Waals surface area contributed by atoms with Crippen molar-refractivity contribution in [1.82, 2.24) is 0 Å². The second kappa shape index (κ2) is 6.67. The van der Waals surface area contributed by atoms with E-state index in [1.807, 2.05) is 32.9 Å². The minimum absolute atomic E-state index is 0.142. The molecular weight excluding hydrogens is 319 g/mol. The molecule has 1 saturated carbocycles. The van der Waals surface area contributed by atoms with Crippen LogP contribution in [0.25, 0.3) is 0 Å². The Morgan fingerprint density at radius 2 is 1.52 bits per heavy atom. The van der Waals surface area contributed by atoms with Gasteiger partial charge in [0.1, 0.15) is 5.82 Å². The summed E-state index contributed by atoms with van der Waals surface area (Å²) in [5.74, 6) is -1.74. The van der Waals surface area contributed by atoms with Gasteiger partial charge in [0.25, 0.3) is 0 Å². The summed E-state index contributed by atoms with van der Waals surface area (Å²) in [6.07, 6.45) is 0.482. The zero-order chi connectivity index (χ0) is 18.1. The number of carbonyl (C=O) groups is 2. The van der Waals surface area contributed by atoms with E-state index >= 15 is 0 Å². The van der Waals surface area contributed by atoms with Gasteiger partial charge in [-0.15, -0.1) is 0 Å². The smallest absolute Gasteiger partial charge is 0.228 e. The maximum absolute atomic E-state index is 13.6. The highest BCUT2D eigenvalue weighted by atomic mass is 19.1. The van der Waals surface area contributed by atoms with Gasteiger partial charge in [0.15, 0.2) is 0 Å². The molecule has 25 heavy (non-hydrogen) atoms. The molecule has 1 aliphatic rings. The van der Waals surface area contributed by atoms with E-state index in [-0.39, 0.29) is 23.4 Å². The number of para-hydroxylation sites is 1. The first kappa shape index (κ1) is 17.1. The van der Waals surface area contributed by atoms with Crippen molar-refractivity contribution in [1.29, 1.82) is 0 Å². The number of hydrogen-bond acceptors (Lipinski definition) is 2. The average molecular weight is 340 g/mol. The Bertz CT molecular complexity index is 824. The normalized spacial score (nSPS) is 18.6. The summed E-state index contributed by atoms with van der Waals surface area (Å²) < 4.78 is 13.6. The summed E-state index contributed by atoms with van der Waals surface area (Å²) >= 11 is 0. The van der Waals surface area contributed by atoms with Crippen molar-refractivity contribution in [2.45, 2.75) is 27.2 Å². The molecule has 3 rings (SSSR count). The fraction of sp³-hybridized carbons (Fsp3) is 0.300. The van der Waals surface area contributed by atoms with Gasteiger partial charge in [-0.3, -0.25) is 9.59 Å². The quantitative estimate of drug-likeness (QED) is 0.885. The van der Waals surface area contributed by atoms with E-state index in [0.29, 0.717) is 6.42 Å². The Kier molecular flexibility index (Phi) is 4.57. The molecule has 130 valence electrons. The number of amides is 2. The molecule has 0 aliphatic heterocycles. The van der Waals surface area contributed by atoms with Crippen LogP contribution in [0.3, 0.4) is 0 Å². The lowest BCUT2D eigenvalue weighted by atomic mass is 10.0. The van der Waals surface area contributed by atoms with Crippen molar-refractivity contribution in [3.05, 3.63) is 58.9 Å². The summed E-state index contributed by atoms with van der Waals surface area (Å²) in [6.45, 7) is 5.91. The monoisotopic (exact) mass is 340 g/mol. The minimum Gasteiger partial charge on any atom is -0.325 e. The predicted molar refractivity (Wildman–Crippen MR) is 95.9 cm³/mol. The molecule has 0 bridgehead atoms. The van der Waals surface area contributed by atoms with Crippen LogP contribution in [0.15, 0.2) is 36.4 Å². The first-order valence-electron chi connectivity index (χ1n) is 8.31. The van der Waals surface area contributed by atoms with Crippen molar-refractivity contribution in [3.8, 4) is 0 Å². The van der Waals surface area contributed by atoms with Gasteiger partial charge < -0.3 is 10.6 Å². The van der Waals surface area contributed by atoms with Crippen LogP contribution in [-0.2, 0) is 9.59 Å². The van der Waals surface area contributed by atoms with E-state index in [4.69, 9.17) is 0 Å². The van der Waals surface area contributed by atoms with Crippen molar-refractivity contribution in [3.63, 3.8) is 0 Å². The van der Waals surface area contributed by atoms with Crippen LogP contribution in [-0.4, -0.2) is 11.8 Å². The summed E-state index contributed by atoms with van der Waals surface area (Å²) in [7, 11) is 0. The molecule has 2 amide bonds. The van der Waals surface area contributed by atoms with Crippen molar-refractivity contribution < 1.29 is 14.0 Å². The van der Waals surface area contributed by atoms with Gasteiger partial charge in [-0.2, -0.15) is 0 Å². The number of nitrogens with one attached hydrogen (secondary N) is 2. The predicted octanol–water partition coefficient (Wildman–Crippen LogP) is 3.96. The molecule has 0 radical (unpaired) electrons. The molecule has 2 aromatic carbocycles. The zero-order valence-corrected chi connectivity index (χ0v) is 14.5. The van der Waals surface area contributed by atoms with Crippen molar-refractivity contribution in [2.75, 3.05) is 10.6 Å². The van der Waals surface area contributed by atoms with Crippen LogP contribution in [0.4, 0.5) is 15.8 Å². The van der Waals surface area contributed by atoms with Gasteiger partial charge in [-0.1, -0.05) is 29.8 Å². The zero-order valence-electron chi connectivity index (χ0n) is 14.5. The topological polar surface area (TPSA) is 58.2 Å². The highest BCUT2D eigenvalue weighted by molar-refractivity contribution is 6.03. The van der Waals surface area contributed by atoms with Crippen LogP contribution in [0, 0.1) is 38.4 Å². The molecule has 1 aliphatic carbocycles. The van der Waals surface area contributed by atoms with Crippen LogP contribution in [0.2, 0.25) is 0 Å². The van der Waals surface area contributed by atoms with Gasteiger partial charge in [-0.05, 0) is 50.5 Å². The lowest BCUT2D eigenvalue weighted by molar-refractivity contribution is -0.122. The van der Waals surface area contributed by atoms with E-state index in [1.165, 1.54) is 12.1 Å². The number of anilines is 2. The third kappa shape index (κ3) is 3.71. The van der Waals surface area contributed by atoms with E-state index in [9.17, 15) is 14.0 Å². The summed E-state index contributed by atoms with van der Waals surface area (Å²) in [6, 6.07) is 10.0. The van der Waals surface area contributed by atoms with E-state index in [1.54, 1.807) is 12.1 Å². The van der Waals surface area contributed by atoms with Crippen molar-refractivity contribution >= 4 is 23.2 Å². The molecule has 0 spiro atoms. The largest absolute Gasteiger partial charge is 0.325 e. The summed E-state index contributed by atoms with van der Waals surface area (Å²) in [5.41, 5.74) is 4.08. The van der Waals surface area contributed by atoms with Gasteiger partial charge in [0, 0.05) is 5.69 Å². The standard InChI is InChI=1S/C20H21FN2O2/c1-11-8-12(2)18(13(3)9-11)23-20(25)15-10-14(15)19(24)22-17-7-5-4-6-16(17)21/h4-9,14-15H,10H2,1-3H3,(H,22,24)(H,23,25). The van der Waals surface area contributed by atoms with Crippen molar-refractivity contribution in [2.24, 2.45) is 11.8 Å². The maximum atomic E-state index is 13.6. The molecule has 2 atom stereocenters. The molecule has 2 N–H and O–H groups in total. The number of halogens is 1. The second-order valence-corrected chi connectivity index (χ2v) is 6.68. The molecular formula is C20H21FN2O2. The maximum Gasteiger partial charge on any atom is 0.228 e. The first-order valence-corrected chi connectivity index (χ1v) is 8.31. The molecule has 1 fully saturated rings. The number of benzene rings is 2. The fourth-order valence-electron chi connectivity index (χ4n) is 3.16. The third-order valence-corrected chi connectivity index (χ3v) is 4.52. The Balaban J connectivity index is 1.63. The van der Waals surface area contributed by atoms with Gasteiger partial charge >= 0.3 is 0 Å². The molecule has 2 aromatic rings. The third-order valence-electron chi connectivity index (χ3n) is 4.52. The minimum atomic E-state index is -0.483. The Hall–Kier alpha value is -2.69. The summed E-state index contributed by atoms with van der Waals surface area (Å²) in [4.78, 5) is 24.6. The molecule has 2 unspecified atom stereocenters. The van der Waals surface area contributed by atoms with Gasteiger partial charge in [0.2, 0.25) is 11.8 Å². The van der Waals surface area contributed by atoms with Crippen LogP contribution in [0.1, 0.15) is 23.1 Å². The molecule has 0 saturated heterocycles. The fourth-order valence-corrected chi connectivity index (χ4v) is 3.16. The van der Waals surface area contributed by atoms with Gasteiger partial charge in [0.05, 0.1) is 17.5 Å². The van der Waals surface area contributed by atoms with Crippen LogP contribution in [0.5, 0.6) is 0 Å². The highest BCUT2D eigenvalue weighted by Crippen LogP contribution is 2.40. The molecule has 4 nitrogen and oxygen atoms in total. The number of carbonyl (C=O) groups excluding carboxylic acids is 2. The lowest BCUT2D eigenvalue weighted by Gasteiger charge is -2.13. The van der Waals surface area contributed by atoms with Gasteiger partial charge in [-0.25, -0.2) is 4.39 Å². The molecule has 5 heteroatoms.